The van der Waals surface area contributed by atoms with Crippen LogP contribution in [0.3, 0.4) is 0 Å². The molecule has 10 heteroatoms. The maximum atomic E-state index is 13.5. The predicted octanol–water partition coefficient (Wildman–Crippen LogP) is 3.10. The topological polar surface area (TPSA) is 97.2 Å². The first-order valence-corrected chi connectivity index (χ1v) is 10.2. The van der Waals surface area contributed by atoms with Gasteiger partial charge in [-0.2, -0.15) is 0 Å². The molecular weight excluding hydrogens is 420 g/mol. The second-order valence-corrected chi connectivity index (χ2v) is 8.19. The van der Waals surface area contributed by atoms with Crippen LogP contribution in [-0.4, -0.2) is 55.2 Å². The number of aromatic nitrogens is 3. The molecule has 0 bridgehead atoms. The smallest absolute Gasteiger partial charge is 0.323 e. The Balaban J connectivity index is 1.31. The third kappa shape index (κ3) is 3.31. The number of urea groups is 1. The van der Waals surface area contributed by atoms with E-state index in [1.165, 1.54) is 0 Å². The number of hydrogen-bond acceptors (Lipinski definition) is 5. The molecule has 2 aliphatic rings. The number of alkyl halides is 2. The van der Waals surface area contributed by atoms with Crippen LogP contribution < -0.4 is 5.32 Å². The number of pyridine rings is 1. The molecule has 0 unspecified atom stereocenters. The van der Waals surface area contributed by atoms with E-state index in [-0.39, 0.29) is 12.8 Å². The van der Waals surface area contributed by atoms with Crippen LogP contribution in [0.15, 0.2) is 48.9 Å². The zero-order valence-corrected chi connectivity index (χ0v) is 16.9. The summed E-state index contributed by atoms with van der Waals surface area (Å²) in [4.78, 5) is 47.4. The van der Waals surface area contributed by atoms with E-state index in [9.17, 15) is 23.2 Å². The van der Waals surface area contributed by atoms with Crippen molar-refractivity contribution in [2.45, 2.75) is 37.1 Å². The lowest BCUT2D eigenvalue weighted by Gasteiger charge is -2.34. The lowest BCUT2D eigenvalue weighted by atomic mass is 9.80. The van der Waals surface area contributed by atoms with Crippen LogP contribution in [0.5, 0.6) is 0 Å². The normalized spacial score (nSPS) is 19.5. The predicted molar refractivity (Wildman–Crippen MR) is 110 cm³/mol. The van der Waals surface area contributed by atoms with Gasteiger partial charge in [-0.25, -0.2) is 23.5 Å². The second kappa shape index (κ2) is 7.18. The molecule has 0 atom stereocenters. The number of halogens is 2. The number of amides is 3. The maximum absolute atomic E-state index is 13.5. The molecule has 0 radical (unpaired) electrons. The minimum Gasteiger partial charge on any atom is -0.323 e. The molecule has 1 N–H and O–H groups in total. The van der Waals surface area contributed by atoms with Crippen LogP contribution in [0, 0.1) is 0 Å². The number of rotatable bonds is 4. The minimum absolute atomic E-state index is 0.142. The van der Waals surface area contributed by atoms with Crippen molar-refractivity contribution in [2.75, 3.05) is 6.54 Å². The number of hydrogen-bond donors (Lipinski definition) is 1. The fourth-order valence-corrected chi connectivity index (χ4v) is 4.28. The van der Waals surface area contributed by atoms with Gasteiger partial charge in [-0.05, 0) is 49.2 Å². The molecule has 1 spiro atoms. The van der Waals surface area contributed by atoms with Gasteiger partial charge in [-0.15, -0.1) is 0 Å². The highest BCUT2D eigenvalue weighted by molar-refractivity contribution is 6.11. The molecule has 164 valence electrons. The standard InChI is InChI=1S/C22H19F2N5O3/c23-22(24)9-7-21(8-10-22)19(31)28(20(32)27-21)12-17(30)14-3-5-15(6-4-14)29-13-26-16-2-1-11-25-18(16)29/h1-6,11,13H,7-10,12H2,(H,27,32). The Labute approximate surface area is 181 Å². The first kappa shape index (κ1) is 20.2. The quantitative estimate of drug-likeness (QED) is 0.498. The van der Waals surface area contributed by atoms with Crippen LogP contribution in [0.25, 0.3) is 16.9 Å². The molecule has 32 heavy (non-hydrogen) atoms. The summed E-state index contributed by atoms with van der Waals surface area (Å²) in [6.07, 6.45) is 2.07. The van der Waals surface area contributed by atoms with E-state index in [0.717, 1.165) is 16.1 Å². The van der Waals surface area contributed by atoms with Gasteiger partial charge in [-0.1, -0.05) is 0 Å². The van der Waals surface area contributed by atoms with Gasteiger partial charge in [0.15, 0.2) is 11.4 Å². The monoisotopic (exact) mass is 439 g/mol. The lowest BCUT2D eigenvalue weighted by molar-refractivity contribution is -0.135. The van der Waals surface area contributed by atoms with Crippen LogP contribution in [-0.2, 0) is 4.79 Å². The molecule has 5 rings (SSSR count). The zero-order chi connectivity index (χ0) is 22.5. The molecule has 1 aliphatic carbocycles. The number of imidazole rings is 1. The maximum Gasteiger partial charge on any atom is 0.325 e. The largest absolute Gasteiger partial charge is 0.325 e. The number of imide groups is 1. The average Bonchev–Trinajstić information content (AvgIpc) is 3.31. The first-order chi connectivity index (χ1) is 15.3. The summed E-state index contributed by atoms with van der Waals surface area (Å²) in [5, 5.41) is 2.54. The van der Waals surface area contributed by atoms with E-state index in [2.05, 4.69) is 15.3 Å². The number of nitrogens with one attached hydrogen (secondary N) is 1. The molecule has 3 aromatic rings. The van der Waals surface area contributed by atoms with Crippen molar-refractivity contribution >= 4 is 28.9 Å². The summed E-state index contributed by atoms with van der Waals surface area (Å²) in [7, 11) is 0. The summed E-state index contributed by atoms with van der Waals surface area (Å²) >= 11 is 0. The SMILES string of the molecule is O=C(CN1C(=O)NC2(CCC(F)(F)CC2)C1=O)c1ccc(-n2cnc3cccnc32)cc1. The third-order valence-electron chi connectivity index (χ3n) is 6.16. The Hall–Kier alpha value is -3.69. The summed E-state index contributed by atoms with van der Waals surface area (Å²) in [6.45, 7) is -0.447. The van der Waals surface area contributed by atoms with Crippen molar-refractivity contribution in [1.82, 2.24) is 24.8 Å². The Morgan fingerprint density at radius 3 is 2.47 bits per heavy atom. The fourth-order valence-electron chi connectivity index (χ4n) is 4.28. The first-order valence-electron chi connectivity index (χ1n) is 10.2. The molecule has 2 fully saturated rings. The highest BCUT2D eigenvalue weighted by Gasteiger charge is 2.55. The molecule has 1 aliphatic heterocycles. The van der Waals surface area contributed by atoms with Crippen LogP contribution in [0.2, 0.25) is 0 Å². The molecule has 1 saturated carbocycles. The number of ketones is 1. The third-order valence-corrected chi connectivity index (χ3v) is 6.16. The van der Waals surface area contributed by atoms with E-state index in [4.69, 9.17) is 0 Å². The average molecular weight is 439 g/mol. The number of nitrogens with zero attached hydrogens (tertiary/aromatic N) is 4. The molecule has 1 saturated heterocycles. The van der Waals surface area contributed by atoms with Crippen molar-refractivity contribution in [3.63, 3.8) is 0 Å². The van der Waals surface area contributed by atoms with Crippen LogP contribution in [0.1, 0.15) is 36.0 Å². The molecule has 8 nitrogen and oxygen atoms in total. The van der Waals surface area contributed by atoms with E-state index in [0.29, 0.717) is 11.2 Å². The summed E-state index contributed by atoms with van der Waals surface area (Å²) in [5.74, 6) is -3.87. The molecule has 2 aromatic heterocycles. The van der Waals surface area contributed by atoms with Crippen molar-refractivity contribution in [3.8, 4) is 5.69 Å². The highest BCUT2D eigenvalue weighted by Crippen LogP contribution is 2.41. The number of carbonyl (C=O) groups is 3. The van der Waals surface area contributed by atoms with Crippen molar-refractivity contribution in [3.05, 3.63) is 54.5 Å². The minimum atomic E-state index is -2.84. The van der Waals surface area contributed by atoms with Gasteiger partial charge in [0, 0.05) is 30.3 Å². The highest BCUT2D eigenvalue weighted by atomic mass is 19.3. The molecular formula is C22H19F2N5O3. The van der Waals surface area contributed by atoms with Crippen molar-refractivity contribution < 1.29 is 23.2 Å². The Morgan fingerprint density at radius 1 is 1.03 bits per heavy atom. The van der Waals surface area contributed by atoms with Gasteiger partial charge in [0.25, 0.3) is 5.91 Å². The number of carbonyl (C=O) groups excluding carboxylic acids is 3. The van der Waals surface area contributed by atoms with Crippen molar-refractivity contribution in [2.24, 2.45) is 0 Å². The Kier molecular flexibility index (Phi) is 4.54. The van der Waals surface area contributed by atoms with E-state index >= 15 is 0 Å². The molecule has 3 heterocycles. The second-order valence-electron chi connectivity index (χ2n) is 8.19. The Morgan fingerprint density at radius 2 is 1.75 bits per heavy atom. The zero-order valence-electron chi connectivity index (χ0n) is 16.9. The van der Waals surface area contributed by atoms with Gasteiger partial charge >= 0.3 is 6.03 Å². The van der Waals surface area contributed by atoms with Gasteiger partial charge in [0.2, 0.25) is 5.92 Å². The van der Waals surface area contributed by atoms with Crippen LogP contribution >= 0.6 is 0 Å². The molecule has 1 aromatic carbocycles. The summed E-state index contributed by atoms with van der Waals surface area (Å²) in [5.41, 5.74) is 1.15. The lowest BCUT2D eigenvalue weighted by Crippen LogP contribution is -2.51. The summed E-state index contributed by atoms with van der Waals surface area (Å²) in [6, 6.07) is 9.55. The van der Waals surface area contributed by atoms with Gasteiger partial charge < -0.3 is 5.32 Å². The van der Waals surface area contributed by atoms with Crippen molar-refractivity contribution in [1.29, 1.82) is 0 Å². The van der Waals surface area contributed by atoms with Gasteiger partial charge in [0.05, 0.1) is 6.54 Å². The number of benzene rings is 1. The number of Topliss-reactive ketones (excluding diaryl/α,β-unsaturated/α-hetero) is 1. The van der Waals surface area contributed by atoms with E-state index in [1.54, 1.807) is 47.4 Å². The van der Waals surface area contributed by atoms with E-state index in [1.807, 2.05) is 6.07 Å². The van der Waals surface area contributed by atoms with E-state index < -0.39 is 48.6 Å². The molecule has 3 amide bonds. The summed E-state index contributed by atoms with van der Waals surface area (Å²) < 4.78 is 28.8. The van der Waals surface area contributed by atoms with Crippen LogP contribution in [0.4, 0.5) is 13.6 Å². The van der Waals surface area contributed by atoms with Gasteiger partial charge in [0.1, 0.15) is 17.4 Å². The van der Waals surface area contributed by atoms with Gasteiger partial charge in [-0.3, -0.25) is 19.1 Å². The fraction of sp³-hybridized carbons (Fsp3) is 0.318. The number of fused-ring (bicyclic) bond motifs is 1. The Bertz CT molecular complexity index is 1230.